The summed E-state index contributed by atoms with van der Waals surface area (Å²) in [4.78, 5) is 26.2. The minimum atomic E-state index is -0.0680. The summed E-state index contributed by atoms with van der Waals surface area (Å²) in [6.45, 7) is 2.59. The van der Waals surface area contributed by atoms with Crippen LogP contribution in [0.15, 0.2) is 59.7 Å². The molecule has 1 saturated heterocycles. The zero-order valence-corrected chi connectivity index (χ0v) is 16.0. The first kappa shape index (κ1) is 17.8. The molecule has 1 fully saturated rings. The van der Waals surface area contributed by atoms with Gasteiger partial charge < -0.3 is 4.98 Å². The number of fused-ring (bicyclic) bond motifs is 1. The van der Waals surface area contributed by atoms with Gasteiger partial charge in [0.2, 0.25) is 0 Å². The van der Waals surface area contributed by atoms with Gasteiger partial charge in [-0.05, 0) is 56.3 Å². The Balaban J connectivity index is 1.24. The molecule has 3 aromatic heterocycles. The zero-order chi connectivity index (χ0) is 19.6. The van der Waals surface area contributed by atoms with Crippen LogP contribution in [0.3, 0.4) is 0 Å². The Morgan fingerprint density at radius 2 is 1.86 bits per heavy atom. The molecule has 4 heterocycles. The van der Waals surface area contributed by atoms with E-state index in [4.69, 9.17) is 0 Å². The first-order valence-electron chi connectivity index (χ1n) is 9.92. The van der Waals surface area contributed by atoms with E-state index in [0.29, 0.717) is 17.8 Å². The molecule has 0 unspecified atom stereocenters. The Morgan fingerprint density at radius 3 is 2.69 bits per heavy atom. The van der Waals surface area contributed by atoms with E-state index in [1.807, 2.05) is 30.3 Å². The molecule has 0 amide bonds. The Hall–Kier alpha value is -3.32. The van der Waals surface area contributed by atoms with Crippen molar-refractivity contribution in [2.45, 2.75) is 25.3 Å². The van der Waals surface area contributed by atoms with Crippen LogP contribution in [-0.4, -0.2) is 43.1 Å². The third-order valence-electron chi connectivity index (χ3n) is 5.64. The molecule has 1 aliphatic heterocycles. The minimum absolute atomic E-state index is 0.0680. The van der Waals surface area contributed by atoms with Crippen molar-refractivity contribution >= 4 is 10.9 Å². The third kappa shape index (κ3) is 3.69. The summed E-state index contributed by atoms with van der Waals surface area (Å²) in [5.74, 6) is 1.20. The quantitative estimate of drug-likeness (QED) is 0.562. The van der Waals surface area contributed by atoms with E-state index in [1.165, 1.54) is 5.69 Å². The highest BCUT2D eigenvalue weighted by Crippen LogP contribution is 2.29. The van der Waals surface area contributed by atoms with Gasteiger partial charge in [0, 0.05) is 29.6 Å². The molecule has 0 bridgehead atoms. The topological polar surface area (TPSA) is 90.6 Å². The van der Waals surface area contributed by atoms with Gasteiger partial charge in [0.15, 0.2) is 0 Å². The van der Waals surface area contributed by atoms with E-state index >= 15 is 0 Å². The lowest BCUT2D eigenvalue weighted by molar-refractivity contribution is 0.199. The van der Waals surface area contributed by atoms with Gasteiger partial charge >= 0.3 is 0 Å². The lowest BCUT2D eigenvalue weighted by Gasteiger charge is -2.30. The Bertz CT molecular complexity index is 1170. The van der Waals surface area contributed by atoms with Crippen molar-refractivity contribution in [2.24, 2.45) is 0 Å². The number of benzene rings is 1. The number of rotatable bonds is 4. The number of aromatic nitrogens is 5. The van der Waals surface area contributed by atoms with Crippen molar-refractivity contribution in [1.29, 1.82) is 0 Å². The molecule has 0 spiro atoms. The van der Waals surface area contributed by atoms with Crippen LogP contribution >= 0.6 is 0 Å². The average molecular weight is 386 g/mol. The second kappa shape index (κ2) is 7.60. The summed E-state index contributed by atoms with van der Waals surface area (Å²) >= 11 is 0. The lowest BCUT2D eigenvalue weighted by Crippen LogP contribution is -2.33. The summed E-state index contributed by atoms with van der Waals surface area (Å²) in [6.07, 6.45) is 5.67. The highest BCUT2D eigenvalue weighted by molar-refractivity contribution is 5.77. The number of nitrogens with one attached hydrogen (secondary N) is 2. The van der Waals surface area contributed by atoms with Crippen molar-refractivity contribution in [3.63, 3.8) is 0 Å². The normalized spacial score (nSPS) is 15.7. The van der Waals surface area contributed by atoms with Crippen LogP contribution in [0.25, 0.3) is 22.2 Å². The summed E-state index contributed by atoms with van der Waals surface area (Å²) in [5, 5.41) is 8.33. The Morgan fingerprint density at radius 1 is 1.07 bits per heavy atom. The minimum Gasteiger partial charge on any atom is -0.309 e. The molecule has 0 atom stereocenters. The Labute approximate surface area is 167 Å². The van der Waals surface area contributed by atoms with Gasteiger partial charge in [-0.2, -0.15) is 5.10 Å². The molecule has 5 rings (SSSR count). The van der Waals surface area contributed by atoms with Crippen molar-refractivity contribution < 1.29 is 0 Å². The highest BCUT2D eigenvalue weighted by atomic mass is 16.1. The number of piperidine rings is 1. The zero-order valence-electron chi connectivity index (χ0n) is 16.0. The van der Waals surface area contributed by atoms with Crippen molar-refractivity contribution in [3.8, 4) is 11.3 Å². The molecule has 1 aromatic carbocycles. The average Bonchev–Trinajstić information content (AvgIpc) is 3.25. The van der Waals surface area contributed by atoms with Gasteiger partial charge in [0.25, 0.3) is 5.56 Å². The van der Waals surface area contributed by atoms with E-state index in [-0.39, 0.29) is 5.56 Å². The SMILES string of the molecule is O=c1[nH]c(CN2CCC(c3cc(-c4ccncc4)n[nH]3)CC2)nc2ccccc12. The molecular formula is C22H22N6O. The summed E-state index contributed by atoms with van der Waals surface area (Å²) < 4.78 is 0. The molecule has 7 nitrogen and oxygen atoms in total. The maximum atomic E-state index is 12.3. The van der Waals surface area contributed by atoms with E-state index in [9.17, 15) is 4.79 Å². The summed E-state index contributed by atoms with van der Waals surface area (Å²) in [5.41, 5.74) is 3.91. The second-order valence-electron chi connectivity index (χ2n) is 7.52. The number of aromatic amines is 2. The van der Waals surface area contributed by atoms with Gasteiger partial charge in [-0.3, -0.25) is 19.8 Å². The monoisotopic (exact) mass is 386 g/mol. The third-order valence-corrected chi connectivity index (χ3v) is 5.64. The maximum absolute atomic E-state index is 12.3. The fraction of sp³-hybridized carbons (Fsp3) is 0.273. The van der Waals surface area contributed by atoms with Gasteiger partial charge in [-0.1, -0.05) is 12.1 Å². The van der Waals surface area contributed by atoms with Gasteiger partial charge in [-0.25, -0.2) is 4.98 Å². The number of hydrogen-bond acceptors (Lipinski definition) is 5. The Kier molecular flexibility index (Phi) is 4.65. The molecule has 7 heteroatoms. The number of likely N-dealkylation sites (tertiary alicyclic amines) is 1. The lowest BCUT2D eigenvalue weighted by atomic mass is 9.93. The van der Waals surface area contributed by atoms with Crippen LogP contribution < -0.4 is 5.56 Å². The van der Waals surface area contributed by atoms with Crippen LogP contribution in [0, 0.1) is 0 Å². The number of para-hydroxylation sites is 1. The van der Waals surface area contributed by atoms with Crippen molar-refractivity contribution in [3.05, 3.63) is 76.7 Å². The van der Waals surface area contributed by atoms with Crippen molar-refractivity contribution in [1.82, 2.24) is 30.0 Å². The standard InChI is InChI=1S/C22H22N6O/c29-22-17-3-1-2-4-18(17)24-21(25-22)14-28-11-7-16(8-12-28)20-13-19(26-27-20)15-5-9-23-10-6-15/h1-6,9-10,13,16H,7-8,11-12,14H2,(H,26,27)(H,24,25,29). The highest BCUT2D eigenvalue weighted by Gasteiger charge is 2.23. The number of pyridine rings is 1. The first-order chi connectivity index (χ1) is 14.3. The van der Waals surface area contributed by atoms with Crippen LogP contribution in [0.5, 0.6) is 0 Å². The molecule has 29 heavy (non-hydrogen) atoms. The number of nitrogens with zero attached hydrogens (tertiary/aromatic N) is 4. The predicted molar refractivity (Wildman–Crippen MR) is 111 cm³/mol. The van der Waals surface area contributed by atoms with Gasteiger partial charge in [0.05, 0.1) is 23.1 Å². The largest absolute Gasteiger partial charge is 0.309 e. The maximum Gasteiger partial charge on any atom is 0.258 e. The van der Waals surface area contributed by atoms with Crippen LogP contribution in [0.2, 0.25) is 0 Å². The summed E-state index contributed by atoms with van der Waals surface area (Å²) in [7, 11) is 0. The van der Waals surface area contributed by atoms with Crippen molar-refractivity contribution in [2.75, 3.05) is 13.1 Å². The van der Waals surface area contributed by atoms with E-state index in [2.05, 4.69) is 36.1 Å². The van der Waals surface area contributed by atoms with Crippen LogP contribution in [0.4, 0.5) is 0 Å². The van der Waals surface area contributed by atoms with Gasteiger partial charge in [-0.15, -0.1) is 0 Å². The van der Waals surface area contributed by atoms with E-state index in [0.717, 1.165) is 48.5 Å². The fourth-order valence-electron chi connectivity index (χ4n) is 4.04. The van der Waals surface area contributed by atoms with Crippen LogP contribution in [0.1, 0.15) is 30.3 Å². The summed E-state index contributed by atoms with van der Waals surface area (Å²) in [6, 6.07) is 13.6. The fourth-order valence-corrected chi connectivity index (χ4v) is 4.04. The molecule has 146 valence electrons. The predicted octanol–water partition coefficient (Wildman–Crippen LogP) is 3.09. The molecule has 0 radical (unpaired) electrons. The molecule has 4 aromatic rings. The molecule has 0 aliphatic carbocycles. The number of H-pyrrole nitrogens is 2. The number of hydrogen-bond donors (Lipinski definition) is 2. The molecule has 2 N–H and O–H groups in total. The molecule has 1 aliphatic rings. The van der Waals surface area contributed by atoms with Gasteiger partial charge in [0.1, 0.15) is 5.82 Å². The molecular weight excluding hydrogens is 364 g/mol. The first-order valence-corrected chi connectivity index (χ1v) is 9.92. The smallest absolute Gasteiger partial charge is 0.258 e. The van der Waals surface area contributed by atoms with E-state index < -0.39 is 0 Å². The van der Waals surface area contributed by atoms with E-state index in [1.54, 1.807) is 18.5 Å². The second-order valence-corrected chi connectivity index (χ2v) is 7.52. The molecule has 0 saturated carbocycles. The van der Waals surface area contributed by atoms with Crippen LogP contribution in [-0.2, 0) is 6.54 Å².